The van der Waals surface area contributed by atoms with Crippen LogP contribution in [-0.2, 0) is 46.4 Å². The fraction of sp³-hybridized carbons (Fsp3) is 0.625. The number of ether oxygens (including phenoxy) is 3. The van der Waals surface area contributed by atoms with Gasteiger partial charge in [0.15, 0.2) is 0 Å². The summed E-state index contributed by atoms with van der Waals surface area (Å²) in [6.45, 7) is 13.5. The van der Waals surface area contributed by atoms with Crippen LogP contribution in [0.1, 0.15) is 117 Å². The van der Waals surface area contributed by atoms with Crippen LogP contribution in [-0.4, -0.2) is 102 Å². The number of carbonyl (C=O) groups is 6. The van der Waals surface area contributed by atoms with E-state index in [1.807, 2.05) is 102 Å². The van der Waals surface area contributed by atoms with Crippen molar-refractivity contribution in [2.75, 3.05) is 39.3 Å². The number of hydrogen-bond donors (Lipinski definition) is 3. The molecule has 0 aliphatic carbocycles. The molecule has 2 fully saturated rings. The number of piperidine rings is 2. The Balaban J connectivity index is 1.33. The highest BCUT2D eigenvalue weighted by Crippen LogP contribution is 2.30. The fourth-order valence-electron chi connectivity index (χ4n) is 7.74. The van der Waals surface area contributed by atoms with Gasteiger partial charge in [0.25, 0.3) is 0 Å². The van der Waals surface area contributed by atoms with Crippen molar-refractivity contribution < 1.29 is 43.0 Å². The van der Waals surface area contributed by atoms with Crippen LogP contribution in [0.2, 0.25) is 0 Å². The Morgan fingerprint density at radius 1 is 0.661 bits per heavy atom. The van der Waals surface area contributed by atoms with Crippen LogP contribution in [0.3, 0.4) is 0 Å². The predicted molar refractivity (Wildman–Crippen MR) is 237 cm³/mol. The van der Waals surface area contributed by atoms with Crippen molar-refractivity contribution in [1.29, 1.82) is 0 Å². The minimum Gasteiger partial charge on any atom is -0.461 e. The van der Waals surface area contributed by atoms with E-state index >= 15 is 0 Å². The highest BCUT2D eigenvalue weighted by molar-refractivity contribution is 5.92. The third kappa shape index (κ3) is 18.9. The molecule has 2 aliphatic rings. The van der Waals surface area contributed by atoms with Crippen molar-refractivity contribution in [1.82, 2.24) is 25.8 Å². The third-order valence-electron chi connectivity index (χ3n) is 11.2. The summed E-state index contributed by atoms with van der Waals surface area (Å²) in [6, 6.07) is 17.9. The zero-order chi connectivity index (χ0) is 45.1. The number of rotatable bonds is 19. The van der Waals surface area contributed by atoms with Gasteiger partial charge in [0.05, 0.1) is 13.0 Å². The average molecular weight is 862 g/mol. The van der Waals surface area contributed by atoms with Crippen molar-refractivity contribution in [3.63, 3.8) is 0 Å². The molecule has 62 heavy (non-hydrogen) atoms. The van der Waals surface area contributed by atoms with Gasteiger partial charge in [-0.2, -0.15) is 0 Å². The predicted octanol–water partition coefficient (Wildman–Crippen LogP) is 6.94. The molecule has 2 saturated heterocycles. The molecule has 14 heteroatoms. The number of hydrogen-bond acceptors (Lipinski definition) is 9. The summed E-state index contributed by atoms with van der Waals surface area (Å²) in [5.41, 5.74) is 0.795. The van der Waals surface area contributed by atoms with E-state index in [9.17, 15) is 28.8 Å². The maximum atomic E-state index is 13.9. The van der Waals surface area contributed by atoms with E-state index in [0.29, 0.717) is 63.8 Å². The Bertz CT molecular complexity index is 1680. The normalized spacial score (nSPS) is 15.7. The van der Waals surface area contributed by atoms with E-state index in [4.69, 9.17) is 14.2 Å². The van der Waals surface area contributed by atoms with Gasteiger partial charge >= 0.3 is 18.2 Å². The van der Waals surface area contributed by atoms with E-state index < -0.39 is 35.0 Å². The molecule has 1 atom stereocenters. The van der Waals surface area contributed by atoms with Crippen LogP contribution in [0.25, 0.3) is 0 Å². The number of aryl methyl sites for hydroxylation is 1. The lowest BCUT2D eigenvalue weighted by Crippen LogP contribution is -2.51. The first-order valence-electron chi connectivity index (χ1n) is 22.5. The Morgan fingerprint density at radius 3 is 1.63 bits per heavy atom. The molecule has 2 aromatic rings. The molecule has 0 unspecified atom stereocenters. The van der Waals surface area contributed by atoms with E-state index in [2.05, 4.69) is 16.0 Å². The maximum absolute atomic E-state index is 13.9. The second-order valence-corrected chi connectivity index (χ2v) is 18.7. The first kappa shape index (κ1) is 49.5. The van der Waals surface area contributed by atoms with Gasteiger partial charge in [-0.05, 0) is 129 Å². The molecule has 5 amide bonds. The summed E-state index contributed by atoms with van der Waals surface area (Å²) in [5.74, 6) is -1.70. The largest absolute Gasteiger partial charge is 0.461 e. The van der Waals surface area contributed by atoms with Crippen LogP contribution < -0.4 is 16.0 Å². The number of likely N-dealkylation sites (tertiary alicyclic amines) is 2. The van der Waals surface area contributed by atoms with E-state index in [1.165, 1.54) is 0 Å². The molecule has 2 aliphatic heterocycles. The quantitative estimate of drug-likeness (QED) is 0.0769. The molecule has 14 nitrogen and oxygen atoms in total. The maximum Gasteiger partial charge on any atom is 0.410 e. The highest BCUT2D eigenvalue weighted by atomic mass is 16.6. The second kappa shape index (κ2) is 24.5. The zero-order valence-electron chi connectivity index (χ0n) is 37.9. The van der Waals surface area contributed by atoms with Gasteiger partial charge in [-0.25, -0.2) is 9.59 Å². The molecule has 0 radical (unpaired) electrons. The van der Waals surface area contributed by atoms with Crippen LogP contribution in [0.15, 0.2) is 60.7 Å². The molecule has 342 valence electrons. The monoisotopic (exact) mass is 862 g/mol. The van der Waals surface area contributed by atoms with Crippen LogP contribution in [0.4, 0.5) is 9.59 Å². The van der Waals surface area contributed by atoms with Gasteiger partial charge in [0, 0.05) is 38.6 Å². The lowest BCUT2D eigenvalue weighted by atomic mass is 9.84. The summed E-state index contributed by atoms with van der Waals surface area (Å²) in [7, 11) is 0. The van der Waals surface area contributed by atoms with E-state index in [1.54, 1.807) is 9.80 Å². The summed E-state index contributed by atoms with van der Waals surface area (Å²) in [4.78, 5) is 82.3. The lowest BCUT2D eigenvalue weighted by Gasteiger charge is -2.34. The molecule has 0 saturated carbocycles. The number of amides is 5. The molecular formula is C48H71N5O9. The molecule has 2 aromatic carbocycles. The first-order valence-corrected chi connectivity index (χ1v) is 22.5. The molecule has 2 heterocycles. The van der Waals surface area contributed by atoms with Crippen LogP contribution >= 0.6 is 0 Å². The number of benzene rings is 2. The fourth-order valence-corrected chi connectivity index (χ4v) is 7.74. The Hall–Kier alpha value is -5.14. The average Bonchev–Trinajstić information content (AvgIpc) is 3.23. The van der Waals surface area contributed by atoms with E-state index in [0.717, 1.165) is 56.1 Å². The van der Waals surface area contributed by atoms with Gasteiger partial charge in [-0.15, -0.1) is 0 Å². The van der Waals surface area contributed by atoms with Crippen molar-refractivity contribution in [3.05, 3.63) is 71.8 Å². The van der Waals surface area contributed by atoms with Crippen molar-refractivity contribution in [2.45, 2.75) is 136 Å². The highest BCUT2D eigenvalue weighted by Gasteiger charge is 2.31. The topological polar surface area (TPSA) is 173 Å². The van der Waals surface area contributed by atoms with Crippen LogP contribution in [0.5, 0.6) is 0 Å². The number of carbonyl (C=O) groups excluding carboxylic acids is 6. The molecule has 0 aromatic heterocycles. The summed E-state index contributed by atoms with van der Waals surface area (Å²) >= 11 is 0. The first-order chi connectivity index (χ1) is 29.4. The summed E-state index contributed by atoms with van der Waals surface area (Å²) in [6.07, 6.45) is 6.47. The summed E-state index contributed by atoms with van der Waals surface area (Å²) in [5, 5.41) is 8.34. The molecule has 0 bridgehead atoms. The van der Waals surface area contributed by atoms with E-state index in [-0.39, 0.29) is 43.6 Å². The van der Waals surface area contributed by atoms with Crippen LogP contribution in [0, 0.1) is 17.8 Å². The number of nitrogens with zero attached hydrogens (tertiary/aromatic N) is 2. The van der Waals surface area contributed by atoms with Gasteiger partial charge in [-0.3, -0.25) is 19.2 Å². The van der Waals surface area contributed by atoms with Gasteiger partial charge in [-0.1, -0.05) is 60.7 Å². The van der Waals surface area contributed by atoms with Crippen molar-refractivity contribution >= 4 is 35.9 Å². The Labute approximate surface area is 368 Å². The minimum atomic E-state index is -1.20. The molecular weight excluding hydrogens is 791 g/mol. The Morgan fingerprint density at radius 2 is 1.15 bits per heavy atom. The van der Waals surface area contributed by atoms with Crippen molar-refractivity contribution in [3.8, 4) is 0 Å². The second-order valence-electron chi connectivity index (χ2n) is 18.7. The number of esters is 1. The summed E-state index contributed by atoms with van der Waals surface area (Å²) < 4.78 is 16.6. The molecule has 4 rings (SSSR count). The zero-order valence-corrected chi connectivity index (χ0v) is 37.9. The van der Waals surface area contributed by atoms with Gasteiger partial charge < -0.3 is 40.0 Å². The lowest BCUT2D eigenvalue weighted by molar-refractivity contribution is -0.147. The van der Waals surface area contributed by atoms with Gasteiger partial charge in [0.2, 0.25) is 17.7 Å². The minimum absolute atomic E-state index is 0.0299. The smallest absolute Gasteiger partial charge is 0.410 e. The van der Waals surface area contributed by atoms with Crippen molar-refractivity contribution in [2.24, 2.45) is 17.8 Å². The third-order valence-corrected chi connectivity index (χ3v) is 11.2. The molecule has 0 spiro atoms. The standard InChI is InChI=1S/C48H71N5O9/c1-47(2,3)61-45(58)52-28-23-36(24-29-52)19-21-39(22-20-37-25-30-53(31-26-37)46(59)62-48(4,5)6)43(56)50-33-41(54)51-40(32-42(55)60-34-38-16-11-8-12-17-38)44(57)49-27-13-18-35-14-9-7-10-15-35/h7-12,14-17,36-37,39-40H,13,18-34H2,1-6H3,(H,49,57)(H,50,56)(H,51,54)/t40-/m0/s1. The number of nitrogens with one attached hydrogen (secondary N) is 3. The SMILES string of the molecule is CC(C)(C)OC(=O)N1CCC(CCC(CCC2CCN(C(=O)OC(C)(C)C)CC2)C(=O)NCC(=O)N[C@@H](CC(=O)OCc2ccccc2)C(=O)NCCCc2ccccc2)CC1. The van der Waals surface area contributed by atoms with Gasteiger partial charge in [0.1, 0.15) is 23.9 Å². The molecule has 3 N–H and O–H groups in total. The Kier molecular flexibility index (Phi) is 19.6.